The maximum Gasteiger partial charge on any atom is 0.399 e. The van der Waals surface area contributed by atoms with Crippen LogP contribution in [0.15, 0.2) is 36.4 Å². The monoisotopic (exact) mass is 536 g/mol. The Morgan fingerprint density at radius 1 is 1.14 bits per heavy atom. The van der Waals surface area contributed by atoms with Crippen LogP contribution in [-0.4, -0.2) is 56.0 Å². The third kappa shape index (κ3) is 7.36. The molecule has 1 aliphatic carbocycles. The number of aliphatic hydroxyl groups excluding tert-OH is 1. The van der Waals surface area contributed by atoms with Crippen LogP contribution in [0.5, 0.6) is 0 Å². The summed E-state index contributed by atoms with van der Waals surface area (Å²) in [6.45, 7) is 0.912. The number of sulfonamides is 1. The van der Waals surface area contributed by atoms with Crippen molar-refractivity contribution in [3.05, 3.63) is 47.7 Å². The van der Waals surface area contributed by atoms with E-state index in [4.69, 9.17) is 5.11 Å². The first-order valence-corrected chi connectivity index (χ1v) is 13.5. The van der Waals surface area contributed by atoms with E-state index in [1.165, 1.54) is 43.2 Å². The van der Waals surface area contributed by atoms with Gasteiger partial charge in [0.1, 0.15) is 17.9 Å². The molecule has 0 unspecified atom stereocenters. The average molecular weight is 537 g/mol. The van der Waals surface area contributed by atoms with Gasteiger partial charge in [0.15, 0.2) is 0 Å². The molecule has 8 nitrogen and oxygen atoms in total. The first-order chi connectivity index (χ1) is 17.5. The third-order valence-electron chi connectivity index (χ3n) is 6.49. The first-order valence-electron chi connectivity index (χ1n) is 11.8. The van der Waals surface area contributed by atoms with Crippen molar-refractivity contribution in [3.63, 3.8) is 0 Å². The molecule has 12 heteroatoms. The molecule has 2 fully saturated rings. The van der Waals surface area contributed by atoms with Crippen molar-refractivity contribution in [1.29, 1.82) is 0 Å². The molecule has 198 valence electrons. The topological polar surface area (TPSA) is 112 Å². The molecule has 3 N–H and O–H groups in total. The lowest BCUT2D eigenvalue weighted by molar-refractivity contribution is -0.123. The molecule has 0 bridgehead atoms. The van der Waals surface area contributed by atoms with Gasteiger partial charge in [-0.1, -0.05) is 12.0 Å². The number of benzene rings is 1. The lowest BCUT2D eigenvalue weighted by atomic mass is 9.93. The van der Waals surface area contributed by atoms with Crippen molar-refractivity contribution < 1.29 is 31.5 Å². The fraction of sp³-hybridized carbons (Fsp3) is 0.440. The minimum absolute atomic E-state index is 0.0849. The summed E-state index contributed by atoms with van der Waals surface area (Å²) in [4.78, 5) is 19.4. The van der Waals surface area contributed by atoms with Gasteiger partial charge in [0.2, 0.25) is 10.0 Å². The Hall–Kier alpha value is -3.30. The van der Waals surface area contributed by atoms with Gasteiger partial charge in [0, 0.05) is 13.1 Å². The summed E-state index contributed by atoms with van der Waals surface area (Å²) in [6, 6.07) is 9.05. The van der Waals surface area contributed by atoms with Gasteiger partial charge in [-0.3, -0.25) is 9.52 Å². The van der Waals surface area contributed by atoms with Crippen LogP contribution in [0.3, 0.4) is 0 Å². The number of anilines is 3. The number of carbonyl (C=O) groups is 1. The van der Waals surface area contributed by atoms with Crippen LogP contribution in [0.1, 0.15) is 48.2 Å². The van der Waals surface area contributed by atoms with Crippen LogP contribution in [0.2, 0.25) is 0 Å². The van der Waals surface area contributed by atoms with Crippen molar-refractivity contribution in [2.24, 2.45) is 5.41 Å². The molecular weight excluding hydrogens is 509 g/mol. The second-order valence-electron chi connectivity index (χ2n) is 9.32. The maximum atomic E-state index is 13.2. The van der Waals surface area contributed by atoms with E-state index in [1.807, 2.05) is 5.92 Å². The number of nitrogens with one attached hydrogen (secondary N) is 2. The number of pyridine rings is 1. The van der Waals surface area contributed by atoms with Crippen LogP contribution in [-0.2, 0) is 10.0 Å². The number of piperidine rings is 1. The molecule has 0 radical (unpaired) electrons. The van der Waals surface area contributed by atoms with E-state index in [0.717, 1.165) is 25.9 Å². The Bertz CT molecular complexity index is 1320. The Kier molecular flexibility index (Phi) is 7.66. The third-order valence-corrected chi connectivity index (χ3v) is 7.76. The van der Waals surface area contributed by atoms with Crippen LogP contribution < -0.4 is 14.9 Å². The largest absolute Gasteiger partial charge is 0.399 e. The Labute approximate surface area is 213 Å². The first kappa shape index (κ1) is 26.8. The van der Waals surface area contributed by atoms with E-state index >= 15 is 0 Å². The average Bonchev–Trinajstić information content (AvgIpc) is 3.57. The van der Waals surface area contributed by atoms with Gasteiger partial charge in [-0.25, -0.2) is 13.4 Å². The molecular formula is C25H27F3N4O4S. The highest BCUT2D eigenvalue weighted by Gasteiger charge is 2.44. The minimum Gasteiger partial charge on any atom is -0.395 e. The second kappa shape index (κ2) is 10.6. The fourth-order valence-corrected chi connectivity index (χ4v) is 5.12. The molecule has 37 heavy (non-hydrogen) atoms. The van der Waals surface area contributed by atoms with Crippen molar-refractivity contribution in [1.82, 2.24) is 4.98 Å². The molecule has 2 aliphatic rings. The number of aliphatic hydroxyl groups is 1. The van der Waals surface area contributed by atoms with Gasteiger partial charge in [0.05, 0.1) is 29.3 Å². The molecule has 1 aromatic carbocycles. The minimum atomic E-state index is -4.40. The van der Waals surface area contributed by atoms with Gasteiger partial charge in [0.25, 0.3) is 5.91 Å². The highest BCUT2D eigenvalue weighted by Crippen LogP contribution is 2.54. The second-order valence-corrected chi connectivity index (χ2v) is 11.2. The van der Waals surface area contributed by atoms with E-state index in [0.29, 0.717) is 16.7 Å². The molecule has 1 amide bonds. The summed E-state index contributed by atoms with van der Waals surface area (Å²) in [5.41, 5.74) is 1.59. The highest BCUT2D eigenvalue weighted by atomic mass is 32.2. The number of hydrogen-bond donors (Lipinski definition) is 3. The van der Waals surface area contributed by atoms with Gasteiger partial charge >= 0.3 is 6.18 Å². The van der Waals surface area contributed by atoms with Crippen LogP contribution >= 0.6 is 0 Å². The summed E-state index contributed by atoms with van der Waals surface area (Å²) in [5, 5.41) is 11.7. The van der Waals surface area contributed by atoms with Crippen molar-refractivity contribution >= 4 is 33.1 Å². The zero-order valence-electron chi connectivity index (χ0n) is 19.9. The smallest absolute Gasteiger partial charge is 0.395 e. The number of hydrogen-bond acceptors (Lipinski definition) is 6. The van der Waals surface area contributed by atoms with E-state index < -0.39 is 40.9 Å². The molecule has 4 rings (SSSR count). The van der Waals surface area contributed by atoms with Crippen LogP contribution in [0.4, 0.5) is 30.4 Å². The number of nitrogens with zero attached hydrogens (tertiary/aromatic N) is 2. The molecule has 1 saturated heterocycles. The molecule has 1 spiro atoms. The number of carbonyl (C=O) groups excluding carboxylic acids is 1. The zero-order valence-corrected chi connectivity index (χ0v) is 20.8. The van der Waals surface area contributed by atoms with Gasteiger partial charge in [-0.05, 0) is 67.4 Å². The highest BCUT2D eigenvalue weighted by molar-refractivity contribution is 7.92. The van der Waals surface area contributed by atoms with E-state index in [-0.39, 0.29) is 17.2 Å². The van der Waals surface area contributed by atoms with Crippen molar-refractivity contribution in [2.75, 3.05) is 40.4 Å². The summed E-state index contributed by atoms with van der Waals surface area (Å²) in [7, 11) is -3.76. The molecule has 1 aromatic heterocycles. The Morgan fingerprint density at radius 2 is 1.86 bits per heavy atom. The predicted molar refractivity (Wildman–Crippen MR) is 134 cm³/mol. The van der Waals surface area contributed by atoms with E-state index in [1.54, 1.807) is 6.07 Å². The van der Waals surface area contributed by atoms with Gasteiger partial charge in [-0.15, -0.1) is 0 Å². The number of amides is 1. The molecule has 1 aliphatic heterocycles. The van der Waals surface area contributed by atoms with Gasteiger partial charge in [-0.2, -0.15) is 13.2 Å². The lowest BCUT2D eigenvalue weighted by Gasteiger charge is -2.35. The van der Waals surface area contributed by atoms with E-state index in [9.17, 15) is 26.4 Å². The SMILES string of the molecule is O=C(Nc1cccc(C#CCC(F)(F)F)n1)c1ccc(NS(=O)(=O)CCO)cc1N1CCC2(CC1)CC2. The van der Waals surface area contributed by atoms with E-state index in [2.05, 4.69) is 25.8 Å². The van der Waals surface area contributed by atoms with Gasteiger partial charge < -0.3 is 15.3 Å². The number of rotatable bonds is 7. The summed E-state index contributed by atoms with van der Waals surface area (Å²) in [6.07, 6.45) is -1.31. The predicted octanol–water partition coefficient (Wildman–Crippen LogP) is 3.75. The zero-order chi connectivity index (χ0) is 26.7. The summed E-state index contributed by atoms with van der Waals surface area (Å²) >= 11 is 0. The van der Waals surface area contributed by atoms with Crippen LogP contribution in [0.25, 0.3) is 0 Å². The lowest BCUT2D eigenvalue weighted by Crippen LogP contribution is -2.35. The van der Waals surface area contributed by atoms with Crippen molar-refractivity contribution in [2.45, 2.75) is 38.3 Å². The normalized spacial score (nSPS) is 16.6. The number of aromatic nitrogens is 1. The molecule has 0 atom stereocenters. The number of halogens is 3. The molecule has 1 saturated carbocycles. The molecule has 2 aromatic rings. The standard InChI is InChI=1S/C25H27F3N4O4S/c26-25(27,28)8-2-4-18-3-1-5-22(29-18)30-23(34)20-7-6-19(31-37(35,36)16-15-33)17-21(20)32-13-11-24(9-10-24)12-14-32/h1,3,5-7,17,31,33H,8-16H2,(H,29,30,34). The Morgan fingerprint density at radius 3 is 2.51 bits per heavy atom. The van der Waals surface area contributed by atoms with Crippen molar-refractivity contribution in [3.8, 4) is 11.8 Å². The summed E-state index contributed by atoms with van der Waals surface area (Å²) < 4.78 is 63.8. The summed E-state index contributed by atoms with van der Waals surface area (Å²) in [5.74, 6) is 3.54. The number of alkyl halides is 3. The Balaban J connectivity index is 1.56. The fourth-order valence-electron chi connectivity index (χ4n) is 4.29. The molecule has 2 heterocycles. The quantitative estimate of drug-likeness (QED) is 0.465. The maximum absolute atomic E-state index is 13.2. The van der Waals surface area contributed by atoms with Crippen LogP contribution in [0, 0.1) is 17.3 Å².